The molecule has 3 N–H and O–H groups in total. The Morgan fingerprint density at radius 2 is 1.41 bits per heavy atom. The van der Waals surface area contributed by atoms with Crippen LogP contribution in [-0.4, -0.2) is 60.3 Å². The van der Waals surface area contributed by atoms with Crippen LogP contribution >= 0.6 is 0 Å². The van der Waals surface area contributed by atoms with Crippen molar-refractivity contribution in [2.24, 2.45) is 5.73 Å². The Balaban J connectivity index is 1.23. The van der Waals surface area contributed by atoms with Gasteiger partial charge in [0.05, 0.1) is 0 Å². The van der Waals surface area contributed by atoms with Crippen LogP contribution in [0.1, 0.15) is 29.5 Å². The predicted octanol–water partition coefficient (Wildman–Crippen LogP) is 4.24. The quantitative estimate of drug-likeness (QED) is 0.410. The summed E-state index contributed by atoms with van der Waals surface area (Å²) in [6.07, 6.45) is 1.63. The number of anilines is 1. The molecule has 3 aromatic carbocycles. The van der Waals surface area contributed by atoms with Gasteiger partial charge in [0.2, 0.25) is 0 Å². The van der Waals surface area contributed by atoms with E-state index in [1.54, 1.807) is 0 Å². The number of urea groups is 1. The van der Waals surface area contributed by atoms with Gasteiger partial charge in [0.1, 0.15) is 12.4 Å². The molecule has 0 spiro atoms. The van der Waals surface area contributed by atoms with Gasteiger partial charge in [0.15, 0.2) is 0 Å². The highest BCUT2D eigenvalue weighted by molar-refractivity contribution is 5.90. The number of nitrogens with zero attached hydrogens (tertiary/aromatic N) is 3. The number of ether oxygens (including phenoxy) is 1. The summed E-state index contributed by atoms with van der Waals surface area (Å²) in [5, 5.41) is 9.07. The number of amides is 2. The number of aliphatic hydroxyl groups is 1. The van der Waals surface area contributed by atoms with E-state index in [4.69, 9.17) is 15.6 Å². The molecule has 0 unspecified atom stereocenters. The molecule has 0 aromatic heterocycles. The zero-order valence-corrected chi connectivity index (χ0v) is 21.5. The molecule has 7 nitrogen and oxygen atoms in total. The van der Waals surface area contributed by atoms with Crippen molar-refractivity contribution in [1.82, 2.24) is 9.80 Å². The normalized spacial score (nSPS) is 14.7. The summed E-state index contributed by atoms with van der Waals surface area (Å²) in [6, 6.07) is 26.2. The fourth-order valence-electron chi connectivity index (χ4n) is 4.67. The molecule has 1 saturated heterocycles. The number of aliphatic hydroxyl groups excluding tert-OH is 1. The number of carbonyl (C=O) groups is 1. The molecule has 196 valence electrons. The summed E-state index contributed by atoms with van der Waals surface area (Å²) in [5.74, 6) is 0.896. The first-order chi connectivity index (χ1) is 18.1. The Morgan fingerprint density at radius 1 is 0.811 bits per heavy atom. The number of hydrogen-bond donors (Lipinski definition) is 2. The maximum absolute atomic E-state index is 11.8. The number of rotatable bonds is 11. The van der Waals surface area contributed by atoms with E-state index in [1.807, 2.05) is 30.3 Å². The first-order valence-electron chi connectivity index (χ1n) is 13.1. The summed E-state index contributed by atoms with van der Waals surface area (Å²) < 4.78 is 5.92. The Kier molecular flexibility index (Phi) is 9.94. The topological polar surface area (TPSA) is 82.3 Å². The predicted molar refractivity (Wildman–Crippen MR) is 147 cm³/mol. The lowest BCUT2D eigenvalue weighted by molar-refractivity contribution is 0.247. The van der Waals surface area contributed by atoms with Crippen LogP contribution in [0.15, 0.2) is 78.9 Å². The second-order valence-electron chi connectivity index (χ2n) is 9.56. The molecule has 3 aromatic rings. The minimum absolute atomic E-state index is 0.0301. The van der Waals surface area contributed by atoms with Gasteiger partial charge in [-0.3, -0.25) is 14.7 Å². The van der Waals surface area contributed by atoms with E-state index >= 15 is 0 Å². The van der Waals surface area contributed by atoms with E-state index in [9.17, 15) is 4.79 Å². The molecule has 1 fully saturated rings. The Labute approximate surface area is 220 Å². The van der Waals surface area contributed by atoms with Crippen LogP contribution in [0.3, 0.4) is 0 Å². The summed E-state index contributed by atoms with van der Waals surface area (Å²) in [6.45, 7) is 7.05. The molecule has 0 aliphatic carbocycles. The largest absolute Gasteiger partial charge is 0.489 e. The van der Waals surface area contributed by atoms with Crippen molar-refractivity contribution >= 4 is 11.7 Å². The molecule has 1 aliphatic heterocycles. The van der Waals surface area contributed by atoms with Crippen LogP contribution in [0.25, 0.3) is 0 Å². The highest BCUT2D eigenvalue weighted by Gasteiger charge is 2.16. The van der Waals surface area contributed by atoms with Crippen molar-refractivity contribution in [2.75, 3.05) is 44.2 Å². The fourth-order valence-corrected chi connectivity index (χ4v) is 4.67. The van der Waals surface area contributed by atoms with Gasteiger partial charge in [0, 0.05) is 45.0 Å². The average molecular weight is 503 g/mol. The van der Waals surface area contributed by atoms with Crippen LogP contribution in [0.4, 0.5) is 10.5 Å². The first-order valence-corrected chi connectivity index (χ1v) is 13.1. The third-order valence-corrected chi connectivity index (χ3v) is 6.72. The zero-order valence-electron chi connectivity index (χ0n) is 21.5. The molecule has 1 heterocycles. The monoisotopic (exact) mass is 502 g/mol. The standard InChI is InChI=1S/C30H38N4O3/c31-30(36)34(18-5-21-35)28-12-8-25(9-13-28)22-32-16-4-17-33(20-19-32)23-26-10-14-29(15-11-26)37-24-27-6-2-1-3-7-27/h1-3,6-15,35H,4-5,16-24H2,(H2,31,36). The van der Waals surface area contributed by atoms with Crippen LogP contribution < -0.4 is 15.4 Å². The minimum Gasteiger partial charge on any atom is -0.489 e. The van der Waals surface area contributed by atoms with Gasteiger partial charge in [-0.1, -0.05) is 54.6 Å². The summed E-state index contributed by atoms with van der Waals surface area (Å²) >= 11 is 0. The van der Waals surface area contributed by atoms with Crippen molar-refractivity contribution < 1.29 is 14.6 Å². The minimum atomic E-state index is -0.497. The van der Waals surface area contributed by atoms with Crippen LogP contribution in [0.2, 0.25) is 0 Å². The molecule has 0 radical (unpaired) electrons. The van der Waals surface area contributed by atoms with Crippen molar-refractivity contribution in [3.63, 3.8) is 0 Å². The second-order valence-corrected chi connectivity index (χ2v) is 9.56. The lowest BCUT2D eigenvalue weighted by Crippen LogP contribution is -2.36. The van der Waals surface area contributed by atoms with Crippen molar-refractivity contribution in [3.8, 4) is 5.75 Å². The first kappa shape index (κ1) is 26.7. The third-order valence-electron chi connectivity index (χ3n) is 6.72. The Bertz CT molecular complexity index is 1090. The number of benzene rings is 3. The van der Waals surface area contributed by atoms with Crippen molar-refractivity contribution in [1.29, 1.82) is 0 Å². The van der Waals surface area contributed by atoms with E-state index in [-0.39, 0.29) is 6.61 Å². The zero-order chi connectivity index (χ0) is 25.9. The molecular formula is C30H38N4O3. The maximum Gasteiger partial charge on any atom is 0.319 e. The number of nitrogens with two attached hydrogens (primary N) is 1. The second kappa shape index (κ2) is 13.8. The SMILES string of the molecule is NC(=O)N(CCCO)c1ccc(CN2CCCN(Cc3ccc(OCc4ccccc4)cc3)CC2)cc1. The van der Waals surface area contributed by atoms with Crippen molar-refractivity contribution in [3.05, 3.63) is 95.6 Å². The number of primary amides is 1. The Hall–Kier alpha value is -3.39. The lowest BCUT2D eigenvalue weighted by Gasteiger charge is -2.23. The Morgan fingerprint density at radius 3 is 1.97 bits per heavy atom. The summed E-state index contributed by atoms with van der Waals surface area (Å²) in [7, 11) is 0. The van der Waals surface area contributed by atoms with E-state index in [0.717, 1.165) is 57.1 Å². The highest BCUT2D eigenvalue weighted by Crippen LogP contribution is 2.19. The van der Waals surface area contributed by atoms with Gasteiger partial charge in [-0.25, -0.2) is 4.79 Å². The number of hydrogen-bond acceptors (Lipinski definition) is 5. The third kappa shape index (κ3) is 8.32. The molecule has 7 heteroatoms. The molecule has 1 aliphatic rings. The maximum atomic E-state index is 11.8. The van der Waals surface area contributed by atoms with E-state index in [1.165, 1.54) is 21.6 Å². The average Bonchev–Trinajstić information content (AvgIpc) is 3.14. The summed E-state index contributed by atoms with van der Waals surface area (Å²) in [5.41, 5.74) is 9.97. The molecule has 0 saturated carbocycles. The van der Waals surface area contributed by atoms with Crippen molar-refractivity contribution in [2.45, 2.75) is 32.5 Å². The van der Waals surface area contributed by atoms with Crippen LogP contribution in [0.5, 0.6) is 5.75 Å². The van der Waals surface area contributed by atoms with E-state index < -0.39 is 6.03 Å². The number of carbonyl (C=O) groups excluding carboxylic acids is 1. The fraction of sp³-hybridized carbons (Fsp3) is 0.367. The summed E-state index contributed by atoms with van der Waals surface area (Å²) in [4.78, 5) is 18.3. The van der Waals surface area contributed by atoms with E-state index in [0.29, 0.717) is 19.6 Å². The molecule has 4 rings (SSSR count). The van der Waals surface area contributed by atoms with Gasteiger partial charge in [0.25, 0.3) is 0 Å². The highest BCUT2D eigenvalue weighted by atomic mass is 16.5. The van der Waals surface area contributed by atoms with Gasteiger partial charge in [-0.15, -0.1) is 0 Å². The molecular weight excluding hydrogens is 464 g/mol. The van der Waals surface area contributed by atoms with Gasteiger partial charge in [-0.05, 0) is 66.9 Å². The van der Waals surface area contributed by atoms with Gasteiger partial charge < -0.3 is 15.6 Å². The molecule has 37 heavy (non-hydrogen) atoms. The molecule has 0 atom stereocenters. The van der Waals surface area contributed by atoms with Gasteiger partial charge in [-0.2, -0.15) is 0 Å². The van der Waals surface area contributed by atoms with Crippen LogP contribution in [0, 0.1) is 0 Å². The van der Waals surface area contributed by atoms with Crippen LogP contribution in [-0.2, 0) is 19.7 Å². The smallest absolute Gasteiger partial charge is 0.319 e. The molecule has 2 amide bonds. The lowest BCUT2D eigenvalue weighted by atomic mass is 10.1. The van der Waals surface area contributed by atoms with E-state index in [2.05, 4.69) is 58.3 Å². The van der Waals surface area contributed by atoms with Gasteiger partial charge >= 0.3 is 6.03 Å². The molecule has 0 bridgehead atoms.